The van der Waals surface area contributed by atoms with E-state index in [1.807, 2.05) is 32.9 Å². The molecule has 0 radical (unpaired) electrons. The molecular weight excluding hydrogens is 213 g/mol. The molecule has 96 valence electrons. The van der Waals surface area contributed by atoms with E-state index < -0.39 is 0 Å². The Kier molecular flexibility index (Phi) is 4.70. The third-order valence-electron chi connectivity index (χ3n) is 3.05. The summed E-state index contributed by atoms with van der Waals surface area (Å²) in [5.74, 6) is 0.378. The fourth-order valence-electron chi connectivity index (χ4n) is 1.96. The summed E-state index contributed by atoms with van der Waals surface area (Å²) in [6.45, 7) is 8.23. The van der Waals surface area contributed by atoms with Gasteiger partial charge in [-0.05, 0) is 57.6 Å². The lowest BCUT2D eigenvalue weighted by molar-refractivity contribution is 0.396. The maximum absolute atomic E-state index is 13.6. The summed E-state index contributed by atoms with van der Waals surface area (Å²) in [5, 5.41) is 0. The summed E-state index contributed by atoms with van der Waals surface area (Å²) in [4.78, 5) is 0. The topological polar surface area (TPSA) is 26.0 Å². The van der Waals surface area contributed by atoms with Crippen LogP contribution in [0.5, 0.6) is 0 Å². The van der Waals surface area contributed by atoms with Gasteiger partial charge in [-0.15, -0.1) is 0 Å². The minimum absolute atomic E-state index is 0.0885. The first kappa shape index (κ1) is 14.2. The SMILES string of the molecule is Cc1ccc(F)c(CC(C)CCC(C)(C)N)c1. The van der Waals surface area contributed by atoms with Crippen LogP contribution in [0, 0.1) is 18.7 Å². The van der Waals surface area contributed by atoms with E-state index in [-0.39, 0.29) is 11.4 Å². The molecule has 1 rings (SSSR count). The molecule has 0 heterocycles. The molecule has 1 unspecified atom stereocenters. The van der Waals surface area contributed by atoms with Crippen LogP contribution >= 0.6 is 0 Å². The summed E-state index contributed by atoms with van der Waals surface area (Å²) in [6.07, 6.45) is 2.81. The average Bonchev–Trinajstić information content (AvgIpc) is 2.20. The summed E-state index contributed by atoms with van der Waals surface area (Å²) in [6, 6.07) is 5.32. The molecule has 0 fully saturated rings. The zero-order valence-electron chi connectivity index (χ0n) is 11.4. The van der Waals surface area contributed by atoms with Crippen LogP contribution in [0.4, 0.5) is 4.39 Å². The van der Waals surface area contributed by atoms with Crippen molar-refractivity contribution in [3.63, 3.8) is 0 Å². The Morgan fingerprint density at radius 1 is 1.35 bits per heavy atom. The van der Waals surface area contributed by atoms with Crippen LogP contribution in [0.3, 0.4) is 0 Å². The van der Waals surface area contributed by atoms with Crippen LogP contribution in [-0.2, 0) is 6.42 Å². The number of rotatable bonds is 5. The molecule has 1 aromatic rings. The largest absolute Gasteiger partial charge is 0.326 e. The zero-order valence-corrected chi connectivity index (χ0v) is 11.4. The molecule has 0 aliphatic rings. The van der Waals surface area contributed by atoms with E-state index in [1.54, 1.807) is 6.07 Å². The molecule has 0 saturated heterocycles. The molecule has 2 heteroatoms. The van der Waals surface area contributed by atoms with Gasteiger partial charge < -0.3 is 5.73 Å². The van der Waals surface area contributed by atoms with Crippen LogP contribution < -0.4 is 5.73 Å². The highest BCUT2D eigenvalue weighted by Crippen LogP contribution is 2.20. The molecule has 0 aliphatic carbocycles. The Morgan fingerprint density at radius 3 is 2.59 bits per heavy atom. The van der Waals surface area contributed by atoms with Crippen molar-refractivity contribution < 1.29 is 4.39 Å². The van der Waals surface area contributed by atoms with Gasteiger partial charge in [0, 0.05) is 5.54 Å². The summed E-state index contributed by atoms with van der Waals surface area (Å²) in [5.41, 5.74) is 7.78. The van der Waals surface area contributed by atoms with Crippen molar-refractivity contribution in [1.82, 2.24) is 0 Å². The van der Waals surface area contributed by atoms with Crippen molar-refractivity contribution in [2.75, 3.05) is 0 Å². The molecule has 0 aromatic heterocycles. The lowest BCUT2D eigenvalue weighted by Gasteiger charge is -2.21. The average molecular weight is 237 g/mol. The predicted octanol–water partition coefficient (Wildman–Crippen LogP) is 3.83. The highest BCUT2D eigenvalue weighted by atomic mass is 19.1. The van der Waals surface area contributed by atoms with E-state index in [4.69, 9.17) is 5.73 Å². The second kappa shape index (κ2) is 5.63. The zero-order chi connectivity index (χ0) is 13.1. The van der Waals surface area contributed by atoms with Crippen molar-refractivity contribution in [1.29, 1.82) is 0 Å². The molecule has 0 bridgehead atoms. The lowest BCUT2D eigenvalue weighted by atomic mass is 9.90. The minimum Gasteiger partial charge on any atom is -0.326 e. The van der Waals surface area contributed by atoms with Gasteiger partial charge in [-0.1, -0.05) is 24.6 Å². The van der Waals surface area contributed by atoms with Crippen molar-refractivity contribution in [3.8, 4) is 0 Å². The van der Waals surface area contributed by atoms with Gasteiger partial charge in [0.2, 0.25) is 0 Å². The second-order valence-corrected chi connectivity index (χ2v) is 5.93. The van der Waals surface area contributed by atoms with E-state index in [2.05, 4.69) is 6.92 Å². The Morgan fingerprint density at radius 2 is 2.00 bits per heavy atom. The van der Waals surface area contributed by atoms with E-state index >= 15 is 0 Å². The van der Waals surface area contributed by atoms with E-state index in [0.29, 0.717) is 5.92 Å². The van der Waals surface area contributed by atoms with Crippen LogP contribution in [0.2, 0.25) is 0 Å². The maximum Gasteiger partial charge on any atom is 0.126 e. The molecule has 0 saturated carbocycles. The molecular formula is C15H24FN. The van der Waals surface area contributed by atoms with Crippen molar-refractivity contribution in [3.05, 3.63) is 35.1 Å². The van der Waals surface area contributed by atoms with Gasteiger partial charge in [-0.2, -0.15) is 0 Å². The van der Waals surface area contributed by atoms with Crippen LogP contribution in [0.25, 0.3) is 0 Å². The Hall–Kier alpha value is -0.890. The standard InChI is InChI=1S/C15H24FN/c1-11-5-6-14(16)13(9-11)10-12(2)7-8-15(3,4)17/h5-6,9,12H,7-8,10,17H2,1-4H3. The first-order chi connectivity index (χ1) is 7.78. The van der Waals surface area contributed by atoms with Gasteiger partial charge in [0.25, 0.3) is 0 Å². The number of nitrogens with two attached hydrogens (primary N) is 1. The Balaban J connectivity index is 2.56. The molecule has 0 amide bonds. The number of halogens is 1. The third kappa shape index (κ3) is 5.31. The van der Waals surface area contributed by atoms with Crippen molar-refractivity contribution >= 4 is 0 Å². The lowest BCUT2D eigenvalue weighted by Crippen LogP contribution is -2.32. The monoisotopic (exact) mass is 237 g/mol. The maximum atomic E-state index is 13.6. The Labute approximate surface area is 104 Å². The normalized spacial score (nSPS) is 13.8. The van der Waals surface area contributed by atoms with Crippen molar-refractivity contribution in [2.45, 2.75) is 52.5 Å². The molecule has 1 aromatic carbocycles. The predicted molar refractivity (Wildman–Crippen MR) is 71.5 cm³/mol. The number of benzene rings is 1. The minimum atomic E-state index is -0.126. The van der Waals surface area contributed by atoms with Gasteiger partial charge in [0.05, 0.1) is 0 Å². The van der Waals surface area contributed by atoms with Crippen LogP contribution in [-0.4, -0.2) is 5.54 Å². The fourth-order valence-corrected chi connectivity index (χ4v) is 1.96. The van der Waals surface area contributed by atoms with Gasteiger partial charge >= 0.3 is 0 Å². The van der Waals surface area contributed by atoms with Gasteiger partial charge in [-0.3, -0.25) is 0 Å². The smallest absolute Gasteiger partial charge is 0.126 e. The molecule has 0 spiro atoms. The highest BCUT2D eigenvalue weighted by molar-refractivity contribution is 5.24. The molecule has 17 heavy (non-hydrogen) atoms. The molecule has 1 atom stereocenters. The van der Waals surface area contributed by atoms with Crippen LogP contribution in [0.1, 0.15) is 44.7 Å². The number of hydrogen-bond acceptors (Lipinski definition) is 1. The number of hydrogen-bond donors (Lipinski definition) is 1. The van der Waals surface area contributed by atoms with Gasteiger partial charge in [0.15, 0.2) is 0 Å². The molecule has 0 aliphatic heterocycles. The van der Waals surface area contributed by atoms with Crippen molar-refractivity contribution in [2.24, 2.45) is 11.7 Å². The first-order valence-electron chi connectivity index (χ1n) is 6.32. The van der Waals surface area contributed by atoms with Crippen LogP contribution in [0.15, 0.2) is 18.2 Å². The fraction of sp³-hybridized carbons (Fsp3) is 0.600. The van der Waals surface area contributed by atoms with Gasteiger partial charge in [-0.25, -0.2) is 4.39 Å². The summed E-state index contributed by atoms with van der Waals surface area (Å²) >= 11 is 0. The number of aryl methyl sites for hydroxylation is 1. The summed E-state index contributed by atoms with van der Waals surface area (Å²) in [7, 11) is 0. The first-order valence-corrected chi connectivity index (χ1v) is 6.32. The van der Waals surface area contributed by atoms with E-state index in [0.717, 1.165) is 30.4 Å². The van der Waals surface area contributed by atoms with Gasteiger partial charge in [0.1, 0.15) is 5.82 Å². The quantitative estimate of drug-likeness (QED) is 0.827. The second-order valence-electron chi connectivity index (χ2n) is 5.93. The summed E-state index contributed by atoms with van der Waals surface area (Å²) < 4.78 is 13.6. The third-order valence-corrected chi connectivity index (χ3v) is 3.05. The molecule has 1 nitrogen and oxygen atoms in total. The van der Waals surface area contributed by atoms with E-state index in [9.17, 15) is 4.39 Å². The van der Waals surface area contributed by atoms with E-state index in [1.165, 1.54) is 0 Å². The molecule has 2 N–H and O–H groups in total. The highest BCUT2D eigenvalue weighted by Gasteiger charge is 2.14. The Bertz CT molecular complexity index is 366.